The van der Waals surface area contributed by atoms with Crippen LogP contribution in [0.1, 0.15) is 63.8 Å². The standard InChI is InChI=1S/C26H30N2O6S/c1-5-33-26(30)19-10-9-11-20(15-19)27-35(31,32)24-17(3)16(2)14-21-18(4)22(34-23(21)24)25(29)28-12-7-6-8-13-28/h9-11,14-15,27H,5-8,12-13H2,1-4H3. The minimum absolute atomic E-state index is 0.0187. The lowest BCUT2D eigenvalue weighted by Crippen LogP contribution is -2.35. The number of hydrogen-bond acceptors (Lipinski definition) is 6. The van der Waals surface area contributed by atoms with E-state index in [0.717, 1.165) is 24.8 Å². The number of likely N-dealkylation sites (tertiary alicyclic amines) is 1. The zero-order valence-corrected chi connectivity index (χ0v) is 21.3. The van der Waals surface area contributed by atoms with E-state index >= 15 is 0 Å². The molecule has 1 aliphatic rings. The minimum atomic E-state index is -4.12. The van der Waals surface area contributed by atoms with Crippen LogP contribution in [-0.2, 0) is 14.8 Å². The van der Waals surface area contributed by atoms with Crippen molar-refractivity contribution in [1.29, 1.82) is 0 Å². The van der Waals surface area contributed by atoms with Crippen LogP contribution in [0.2, 0.25) is 0 Å². The number of carbonyl (C=O) groups excluding carboxylic acids is 2. The number of nitrogens with zero attached hydrogens (tertiary/aromatic N) is 1. The summed E-state index contributed by atoms with van der Waals surface area (Å²) in [7, 11) is -4.12. The summed E-state index contributed by atoms with van der Waals surface area (Å²) < 4.78 is 40.8. The molecule has 1 N–H and O–H groups in total. The lowest BCUT2D eigenvalue weighted by Gasteiger charge is -2.25. The van der Waals surface area contributed by atoms with Gasteiger partial charge in [-0.05, 0) is 82.3 Å². The van der Waals surface area contributed by atoms with Crippen molar-refractivity contribution in [1.82, 2.24) is 4.90 Å². The average Bonchev–Trinajstić information content (AvgIpc) is 3.15. The van der Waals surface area contributed by atoms with Crippen molar-refractivity contribution in [2.24, 2.45) is 0 Å². The fourth-order valence-electron chi connectivity index (χ4n) is 4.44. The molecule has 0 aliphatic carbocycles. The molecule has 3 aromatic rings. The highest BCUT2D eigenvalue weighted by atomic mass is 32.2. The zero-order valence-electron chi connectivity index (χ0n) is 20.4. The maximum atomic E-state index is 13.6. The lowest BCUT2D eigenvalue weighted by molar-refractivity contribution is 0.0526. The third-order valence-electron chi connectivity index (χ3n) is 6.42. The number of nitrogens with one attached hydrogen (secondary N) is 1. The van der Waals surface area contributed by atoms with E-state index < -0.39 is 16.0 Å². The Balaban J connectivity index is 1.78. The van der Waals surface area contributed by atoms with Gasteiger partial charge in [-0.15, -0.1) is 0 Å². The second-order valence-corrected chi connectivity index (χ2v) is 10.5. The summed E-state index contributed by atoms with van der Waals surface area (Å²) in [6.07, 6.45) is 2.97. The third-order valence-corrected chi connectivity index (χ3v) is 7.96. The van der Waals surface area contributed by atoms with Crippen LogP contribution < -0.4 is 4.72 Å². The van der Waals surface area contributed by atoms with E-state index in [9.17, 15) is 18.0 Å². The van der Waals surface area contributed by atoms with Gasteiger partial charge in [-0.1, -0.05) is 6.07 Å². The molecule has 2 heterocycles. The van der Waals surface area contributed by atoms with Crippen LogP contribution in [0.25, 0.3) is 11.0 Å². The molecular weight excluding hydrogens is 468 g/mol. The van der Waals surface area contributed by atoms with Gasteiger partial charge in [0, 0.05) is 29.7 Å². The summed E-state index contributed by atoms with van der Waals surface area (Å²) in [6.45, 7) is 8.56. The molecule has 1 amide bonds. The Morgan fingerprint density at radius 1 is 1.06 bits per heavy atom. The number of anilines is 1. The maximum absolute atomic E-state index is 13.6. The van der Waals surface area contributed by atoms with Crippen molar-refractivity contribution in [3.05, 3.63) is 58.3 Å². The summed E-state index contributed by atoms with van der Waals surface area (Å²) in [5, 5.41) is 0.592. The van der Waals surface area contributed by atoms with Gasteiger partial charge >= 0.3 is 5.97 Å². The Hall–Kier alpha value is -3.33. The summed E-state index contributed by atoms with van der Waals surface area (Å²) >= 11 is 0. The normalized spacial score (nSPS) is 14.2. The van der Waals surface area contributed by atoms with E-state index in [2.05, 4.69) is 4.72 Å². The Labute approximate surface area is 205 Å². The number of esters is 1. The van der Waals surface area contributed by atoms with Gasteiger partial charge in [0.25, 0.3) is 15.9 Å². The predicted octanol–water partition coefficient (Wildman–Crippen LogP) is 4.96. The number of piperidine rings is 1. The number of rotatable bonds is 6. The summed E-state index contributed by atoms with van der Waals surface area (Å²) in [4.78, 5) is 27.0. The maximum Gasteiger partial charge on any atom is 0.338 e. The van der Waals surface area contributed by atoms with Gasteiger partial charge in [-0.2, -0.15) is 0 Å². The number of amides is 1. The van der Waals surface area contributed by atoms with E-state index in [4.69, 9.17) is 9.15 Å². The molecule has 1 saturated heterocycles. The highest BCUT2D eigenvalue weighted by Crippen LogP contribution is 2.36. The smallest absolute Gasteiger partial charge is 0.338 e. The zero-order chi connectivity index (χ0) is 25.3. The molecule has 0 spiro atoms. The molecule has 9 heteroatoms. The Morgan fingerprint density at radius 2 is 1.77 bits per heavy atom. The van der Waals surface area contributed by atoms with Crippen LogP contribution in [0.4, 0.5) is 5.69 Å². The fraction of sp³-hybridized carbons (Fsp3) is 0.385. The van der Waals surface area contributed by atoms with Gasteiger partial charge < -0.3 is 14.1 Å². The molecular formula is C26H30N2O6S. The molecule has 8 nitrogen and oxygen atoms in total. The largest absolute Gasteiger partial charge is 0.462 e. The molecule has 4 rings (SSSR count). The van der Waals surface area contributed by atoms with Gasteiger partial charge in [-0.25, -0.2) is 13.2 Å². The number of carbonyl (C=O) groups is 2. The number of furan rings is 1. The van der Waals surface area contributed by atoms with Crippen molar-refractivity contribution in [2.75, 3.05) is 24.4 Å². The van der Waals surface area contributed by atoms with Crippen LogP contribution in [0.15, 0.2) is 39.6 Å². The molecule has 1 aromatic heterocycles. The highest BCUT2D eigenvalue weighted by molar-refractivity contribution is 7.93. The van der Waals surface area contributed by atoms with Crippen molar-refractivity contribution in [3.63, 3.8) is 0 Å². The second-order valence-electron chi connectivity index (χ2n) is 8.84. The molecule has 0 saturated carbocycles. The second kappa shape index (κ2) is 9.73. The number of benzene rings is 2. The van der Waals surface area contributed by atoms with Gasteiger partial charge in [0.1, 0.15) is 4.90 Å². The van der Waals surface area contributed by atoms with Gasteiger partial charge in [0.05, 0.1) is 12.2 Å². The molecule has 1 fully saturated rings. The van der Waals surface area contributed by atoms with Gasteiger partial charge in [0.2, 0.25) is 0 Å². The Morgan fingerprint density at radius 3 is 2.46 bits per heavy atom. The van der Waals surface area contributed by atoms with E-state index in [1.54, 1.807) is 43.9 Å². The van der Waals surface area contributed by atoms with Crippen LogP contribution in [0.5, 0.6) is 0 Å². The SMILES string of the molecule is CCOC(=O)c1cccc(NS(=O)(=O)c2c(C)c(C)cc3c(C)c(C(=O)N4CCCCC4)oc23)c1. The van der Waals surface area contributed by atoms with Gasteiger partial charge in [0.15, 0.2) is 11.3 Å². The predicted molar refractivity (Wildman–Crippen MR) is 133 cm³/mol. The number of ether oxygens (including phenoxy) is 1. The third kappa shape index (κ3) is 4.77. The van der Waals surface area contributed by atoms with Crippen molar-refractivity contribution >= 4 is 38.6 Å². The van der Waals surface area contributed by atoms with E-state index in [1.165, 1.54) is 6.07 Å². The van der Waals surface area contributed by atoms with Crippen molar-refractivity contribution in [2.45, 2.75) is 51.9 Å². The van der Waals surface area contributed by atoms with E-state index in [0.29, 0.717) is 29.6 Å². The molecule has 0 unspecified atom stereocenters. The molecule has 186 valence electrons. The summed E-state index contributed by atoms with van der Waals surface area (Å²) in [6, 6.07) is 7.98. The van der Waals surface area contributed by atoms with E-state index in [-0.39, 0.29) is 40.0 Å². The van der Waals surface area contributed by atoms with Crippen LogP contribution in [0, 0.1) is 20.8 Å². The average molecular weight is 499 g/mol. The Bertz CT molecular complexity index is 1400. The minimum Gasteiger partial charge on any atom is -0.462 e. The first-order valence-corrected chi connectivity index (χ1v) is 13.2. The highest BCUT2D eigenvalue weighted by Gasteiger charge is 2.30. The number of hydrogen-bond donors (Lipinski definition) is 1. The molecule has 0 radical (unpaired) electrons. The summed E-state index contributed by atoms with van der Waals surface area (Å²) in [5.41, 5.74) is 2.52. The first kappa shape index (κ1) is 24.8. The number of sulfonamides is 1. The molecule has 1 aliphatic heterocycles. The summed E-state index contributed by atoms with van der Waals surface area (Å²) in [5.74, 6) is -0.579. The fourth-order valence-corrected chi connectivity index (χ4v) is 5.94. The first-order valence-electron chi connectivity index (χ1n) is 11.8. The van der Waals surface area contributed by atoms with Crippen LogP contribution in [0.3, 0.4) is 0 Å². The number of fused-ring (bicyclic) bond motifs is 1. The molecule has 35 heavy (non-hydrogen) atoms. The van der Waals surface area contributed by atoms with Crippen LogP contribution >= 0.6 is 0 Å². The van der Waals surface area contributed by atoms with Crippen molar-refractivity contribution < 1.29 is 27.2 Å². The molecule has 0 bridgehead atoms. The molecule has 2 aromatic carbocycles. The number of aryl methyl sites for hydroxylation is 2. The first-order chi connectivity index (χ1) is 16.6. The molecule has 0 atom stereocenters. The van der Waals surface area contributed by atoms with Crippen LogP contribution in [-0.4, -0.2) is 44.9 Å². The lowest BCUT2D eigenvalue weighted by atomic mass is 10.0. The Kier molecular flexibility index (Phi) is 6.89. The van der Waals surface area contributed by atoms with E-state index in [1.807, 2.05) is 13.0 Å². The topological polar surface area (TPSA) is 106 Å². The monoisotopic (exact) mass is 498 g/mol. The van der Waals surface area contributed by atoms with Gasteiger partial charge in [-0.3, -0.25) is 9.52 Å². The quantitative estimate of drug-likeness (QED) is 0.482. The van der Waals surface area contributed by atoms with Crippen molar-refractivity contribution in [3.8, 4) is 0 Å².